The van der Waals surface area contributed by atoms with E-state index in [1.807, 2.05) is 12.1 Å². The molecule has 3 heteroatoms. The highest BCUT2D eigenvalue weighted by atomic mass is 32.2. The maximum absolute atomic E-state index is 5.62. The van der Waals surface area contributed by atoms with Crippen LogP contribution in [0.15, 0.2) is 52.4 Å². The molecule has 0 aliphatic carbocycles. The lowest BCUT2D eigenvalue weighted by atomic mass is 10.2. The van der Waals surface area contributed by atoms with Gasteiger partial charge in [-0.25, -0.2) is 4.98 Å². The molecule has 0 spiro atoms. The Balaban J connectivity index is 2.22. The first kappa shape index (κ1) is 10.1. The van der Waals surface area contributed by atoms with Crippen LogP contribution in [0.2, 0.25) is 0 Å². The van der Waals surface area contributed by atoms with Crippen molar-refractivity contribution < 1.29 is 0 Å². The normalized spacial score (nSPS) is 10.2. The van der Waals surface area contributed by atoms with Gasteiger partial charge in [0, 0.05) is 16.0 Å². The van der Waals surface area contributed by atoms with Crippen molar-refractivity contribution in [2.75, 3.05) is 5.73 Å². The SMILES string of the molecule is Cc1cccc(Sc2ccnc(N)c2)c1. The molecule has 0 unspecified atom stereocenters. The van der Waals surface area contributed by atoms with Gasteiger partial charge >= 0.3 is 0 Å². The molecule has 2 nitrogen and oxygen atoms in total. The summed E-state index contributed by atoms with van der Waals surface area (Å²) >= 11 is 1.70. The molecule has 0 fully saturated rings. The van der Waals surface area contributed by atoms with Crippen LogP contribution in [0, 0.1) is 6.92 Å². The Kier molecular flexibility index (Phi) is 2.92. The molecule has 1 aromatic heterocycles. The maximum atomic E-state index is 5.62. The van der Waals surface area contributed by atoms with Crippen LogP contribution in [0.1, 0.15) is 5.56 Å². The molecule has 0 radical (unpaired) electrons. The standard InChI is InChI=1S/C12H12N2S/c1-9-3-2-4-10(7-9)15-11-5-6-14-12(13)8-11/h2-8H,1H3,(H2,13,14). The van der Waals surface area contributed by atoms with E-state index in [0.717, 1.165) is 4.90 Å². The number of aryl methyl sites for hydroxylation is 1. The van der Waals surface area contributed by atoms with Crippen LogP contribution in [0.3, 0.4) is 0 Å². The second-order valence-electron chi connectivity index (χ2n) is 3.33. The third-order valence-electron chi connectivity index (χ3n) is 1.98. The molecule has 15 heavy (non-hydrogen) atoms. The average molecular weight is 216 g/mol. The summed E-state index contributed by atoms with van der Waals surface area (Å²) in [6.07, 6.45) is 1.73. The third-order valence-corrected chi connectivity index (χ3v) is 2.96. The number of aromatic nitrogens is 1. The van der Waals surface area contributed by atoms with E-state index in [1.165, 1.54) is 10.5 Å². The zero-order valence-electron chi connectivity index (χ0n) is 8.47. The third kappa shape index (κ3) is 2.73. The second kappa shape index (κ2) is 4.36. The van der Waals surface area contributed by atoms with Gasteiger partial charge in [-0.3, -0.25) is 0 Å². The summed E-state index contributed by atoms with van der Waals surface area (Å²) in [4.78, 5) is 6.30. The van der Waals surface area contributed by atoms with Gasteiger partial charge in [0.05, 0.1) is 0 Å². The van der Waals surface area contributed by atoms with E-state index in [2.05, 4.69) is 36.2 Å². The Labute approximate surface area is 93.5 Å². The van der Waals surface area contributed by atoms with Gasteiger partial charge < -0.3 is 5.73 Å². The summed E-state index contributed by atoms with van der Waals surface area (Å²) in [5.41, 5.74) is 6.88. The van der Waals surface area contributed by atoms with E-state index < -0.39 is 0 Å². The summed E-state index contributed by atoms with van der Waals surface area (Å²) < 4.78 is 0. The van der Waals surface area contributed by atoms with Gasteiger partial charge in [0.25, 0.3) is 0 Å². The number of pyridine rings is 1. The van der Waals surface area contributed by atoms with Crippen molar-refractivity contribution in [3.05, 3.63) is 48.2 Å². The molecule has 2 aromatic rings. The molecule has 0 bridgehead atoms. The van der Waals surface area contributed by atoms with E-state index in [4.69, 9.17) is 5.73 Å². The van der Waals surface area contributed by atoms with Gasteiger partial charge in [0.15, 0.2) is 0 Å². The first-order chi connectivity index (χ1) is 7.24. The Morgan fingerprint density at radius 3 is 2.67 bits per heavy atom. The number of nitrogen functional groups attached to an aromatic ring is 1. The van der Waals surface area contributed by atoms with E-state index in [9.17, 15) is 0 Å². The van der Waals surface area contributed by atoms with Gasteiger partial charge in [-0.15, -0.1) is 0 Å². The number of benzene rings is 1. The number of rotatable bonds is 2. The fraction of sp³-hybridized carbons (Fsp3) is 0.0833. The first-order valence-electron chi connectivity index (χ1n) is 4.70. The van der Waals surface area contributed by atoms with E-state index in [0.29, 0.717) is 5.82 Å². The Morgan fingerprint density at radius 2 is 1.93 bits per heavy atom. The molecule has 1 heterocycles. The zero-order chi connectivity index (χ0) is 10.7. The van der Waals surface area contributed by atoms with Crippen molar-refractivity contribution in [3.63, 3.8) is 0 Å². The van der Waals surface area contributed by atoms with E-state index in [-0.39, 0.29) is 0 Å². The molecule has 0 aliphatic rings. The molecule has 2 N–H and O–H groups in total. The van der Waals surface area contributed by atoms with Crippen LogP contribution in [-0.4, -0.2) is 4.98 Å². The molecule has 76 valence electrons. The van der Waals surface area contributed by atoms with Crippen LogP contribution in [0.25, 0.3) is 0 Å². The Hall–Kier alpha value is -1.48. The largest absolute Gasteiger partial charge is 0.384 e. The van der Waals surface area contributed by atoms with Crippen molar-refractivity contribution in [2.24, 2.45) is 0 Å². The van der Waals surface area contributed by atoms with E-state index >= 15 is 0 Å². The lowest BCUT2D eigenvalue weighted by Crippen LogP contribution is -1.88. The van der Waals surface area contributed by atoms with Crippen molar-refractivity contribution >= 4 is 17.6 Å². The average Bonchev–Trinajstić information content (AvgIpc) is 2.17. The van der Waals surface area contributed by atoms with Crippen LogP contribution in [0.5, 0.6) is 0 Å². The van der Waals surface area contributed by atoms with Crippen LogP contribution in [-0.2, 0) is 0 Å². The zero-order valence-corrected chi connectivity index (χ0v) is 9.29. The molecule has 1 aromatic carbocycles. The van der Waals surface area contributed by atoms with Crippen molar-refractivity contribution in [3.8, 4) is 0 Å². The second-order valence-corrected chi connectivity index (χ2v) is 4.48. The smallest absolute Gasteiger partial charge is 0.124 e. The molecule has 0 atom stereocenters. The van der Waals surface area contributed by atoms with Gasteiger partial charge in [-0.2, -0.15) is 0 Å². The maximum Gasteiger partial charge on any atom is 0.124 e. The molecule has 0 saturated carbocycles. The van der Waals surface area contributed by atoms with Crippen LogP contribution < -0.4 is 5.73 Å². The first-order valence-corrected chi connectivity index (χ1v) is 5.52. The van der Waals surface area contributed by atoms with Crippen molar-refractivity contribution in [2.45, 2.75) is 16.7 Å². The quantitative estimate of drug-likeness (QED) is 0.838. The summed E-state index contributed by atoms with van der Waals surface area (Å²) in [6.45, 7) is 2.09. The number of hydrogen-bond acceptors (Lipinski definition) is 3. The van der Waals surface area contributed by atoms with Crippen LogP contribution >= 0.6 is 11.8 Å². The molecular weight excluding hydrogens is 204 g/mol. The minimum Gasteiger partial charge on any atom is -0.384 e. The summed E-state index contributed by atoms with van der Waals surface area (Å²) in [7, 11) is 0. The predicted octanol–water partition coefficient (Wildman–Crippen LogP) is 3.12. The monoisotopic (exact) mass is 216 g/mol. The molecule has 0 saturated heterocycles. The fourth-order valence-corrected chi connectivity index (χ4v) is 2.28. The van der Waals surface area contributed by atoms with Gasteiger partial charge in [0.1, 0.15) is 5.82 Å². The molecular formula is C12H12N2S. The summed E-state index contributed by atoms with van der Waals surface area (Å²) in [5.74, 6) is 0.563. The molecule has 0 aliphatic heterocycles. The molecule has 2 rings (SSSR count). The lowest BCUT2D eigenvalue weighted by molar-refractivity contribution is 1.27. The van der Waals surface area contributed by atoms with Crippen molar-refractivity contribution in [1.82, 2.24) is 4.98 Å². The highest BCUT2D eigenvalue weighted by Crippen LogP contribution is 2.28. The fourth-order valence-electron chi connectivity index (χ4n) is 1.31. The highest BCUT2D eigenvalue weighted by Gasteiger charge is 1.98. The topological polar surface area (TPSA) is 38.9 Å². The number of nitrogens with zero attached hydrogens (tertiary/aromatic N) is 1. The Morgan fingerprint density at radius 1 is 1.13 bits per heavy atom. The Bertz CT molecular complexity index is 425. The van der Waals surface area contributed by atoms with Crippen molar-refractivity contribution in [1.29, 1.82) is 0 Å². The van der Waals surface area contributed by atoms with E-state index in [1.54, 1.807) is 18.0 Å². The summed E-state index contributed by atoms with van der Waals surface area (Å²) in [6, 6.07) is 12.2. The number of nitrogens with two attached hydrogens (primary N) is 1. The lowest BCUT2D eigenvalue weighted by Gasteiger charge is -2.02. The minimum absolute atomic E-state index is 0.563. The summed E-state index contributed by atoms with van der Waals surface area (Å²) in [5, 5.41) is 0. The van der Waals surface area contributed by atoms with Gasteiger partial charge in [-0.1, -0.05) is 29.5 Å². The van der Waals surface area contributed by atoms with Gasteiger partial charge in [0.2, 0.25) is 0 Å². The number of hydrogen-bond donors (Lipinski definition) is 1. The highest BCUT2D eigenvalue weighted by molar-refractivity contribution is 7.99. The number of anilines is 1. The predicted molar refractivity (Wildman–Crippen MR) is 64.0 cm³/mol. The van der Waals surface area contributed by atoms with Gasteiger partial charge in [-0.05, 0) is 31.2 Å². The minimum atomic E-state index is 0.563. The van der Waals surface area contributed by atoms with Crippen LogP contribution in [0.4, 0.5) is 5.82 Å². The molecule has 0 amide bonds.